The maximum atomic E-state index is 12.5. The van der Waals surface area contributed by atoms with Gasteiger partial charge in [0.2, 0.25) is 0 Å². The van der Waals surface area contributed by atoms with E-state index in [0.29, 0.717) is 43.8 Å². The van der Waals surface area contributed by atoms with Crippen molar-refractivity contribution in [3.05, 3.63) is 23.5 Å². The third kappa shape index (κ3) is 3.44. The summed E-state index contributed by atoms with van der Waals surface area (Å²) in [7, 11) is 0. The number of pyridine rings is 1. The third-order valence-electron chi connectivity index (χ3n) is 4.52. The lowest BCUT2D eigenvalue weighted by Gasteiger charge is -2.26. The first-order valence-corrected chi connectivity index (χ1v) is 8.59. The Bertz CT molecular complexity index is 655. The molecule has 7 nitrogen and oxygen atoms in total. The van der Waals surface area contributed by atoms with Crippen LogP contribution in [-0.4, -0.2) is 41.8 Å². The zero-order valence-corrected chi connectivity index (χ0v) is 13.5. The molecule has 1 N–H and O–H groups in total. The lowest BCUT2D eigenvalue weighted by Crippen LogP contribution is -2.49. The van der Waals surface area contributed by atoms with Crippen LogP contribution < -0.4 is 10.2 Å². The second kappa shape index (κ2) is 6.30. The summed E-state index contributed by atoms with van der Waals surface area (Å²) in [5, 5.41) is 1.19. The maximum absolute atomic E-state index is 12.5. The molecule has 1 aromatic heterocycles. The molecular weight excluding hydrogens is 310 g/mol. The van der Waals surface area contributed by atoms with Crippen LogP contribution in [0.5, 0.6) is 5.75 Å². The Morgan fingerprint density at radius 1 is 1.38 bits per heavy atom. The molecule has 3 aliphatic rings. The third-order valence-corrected chi connectivity index (χ3v) is 4.52. The molecule has 0 aromatic carbocycles. The number of nitrogens with one attached hydrogen (secondary N) is 1. The molecule has 2 amide bonds. The van der Waals surface area contributed by atoms with Crippen molar-refractivity contribution >= 4 is 12.0 Å². The quantitative estimate of drug-likeness (QED) is 0.864. The number of cyclic esters (lactones) is 1. The molecule has 128 valence electrons. The van der Waals surface area contributed by atoms with Gasteiger partial charge in [-0.05, 0) is 49.1 Å². The number of ether oxygens (including phenoxy) is 2. The number of rotatable bonds is 6. The van der Waals surface area contributed by atoms with Crippen molar-refractivity contribution < 1.29 is 19.1 Å². The molecule has 0 radical (unpaired) electrons. The molecule has 2 heterocycles. The molecule has 4 rings (SSSR count). The van der Waals surface area contributed by atoms with E-state index < -0.39 is 12.0 Å². The number of hydrogen-bond donors (Lipinski definition) is 1. The number of hydrogen-bond acceptors (Lipinski definition) is 5. The molecule has 2 saturated carbocycles. The van der Waals surface area contributed by atoms with Gasteiger partial charge in [-0.25, -0.2) is 14.8 Å². The van der Waals surface area contributed by atoms with Gasteiger partial charge in [-0.1, -0.05) is 0 Å². The molecule has 0 bridgehead atoms. The van der Waals surface area contributed by atoms with Gasteiger partial charge in [0.25, 0.3) is 5.91 Å². The van der Waals surface area contributed by atoms with Crippen LogP contribution >= 0.6 is 0 Å². The van der Waals surface area contributed by atoms with Crippen LogP contribution in [0.25, 0.3) is 0 Å². The van der Waals surface area contributed by atoms with E-state index in [9.17, 15) is 9.59 Å². The average Bonchev–Trinajstić information content (AvgIpc) is 3.48. The Hall–Kier alpha value is -2.31. The van der Waals surface area contributed by atoms with Crippen molar-refractivity contribution in [1.29, 1.82) is 0 Å². The first kappa shape index (κ1) is 15.2. The smallest absolute Gasteiger partial charge is 0.428 e. The topological polar surface area (TPSA) is 80.8 Å². The van der Waals surface area contributed by atoms with Crippen LogP contribution in [0.3, 0.4) is 0 Å². The van der Waals surface area contributed by atoms with E-state index >= 15 is 0 Å². The molecule has 1 aliphatic heterocycles. The lowest BCUT2D eigenvalue weighted by atomic mass is 10.1. The van der Waals surface area contributed by atoms with Crippen molar-refractivity contribution in [2.45, 2.75) is 38.0 Å². The van der Waals surface area contributed by atoms with Crippen LogP contribution in [0.15, 0.2) is 12.3 Å². The summed E-state index contributed by atoms with van der Waals surface area (Å²) in [5.74, 6) is 1.19. The summed E-state index contributed by atoms with van der Waals surface area (Å²) < 4.78 is 10.8. The average molecular weight is 331 g/mol. The second-order valence-electron chi connectivity index (χ2n) is 6.70. The van der Waals surface area contributed by atoms with Crippen LogP contribution in [0.2, 0.25) is 0 Å². The van der Waals surface area contributed by atoms with Gasteiger partial charge in [-0.15, -0.1) is 0 Å². The zero-order valence-electron chi connectivity index (χ0n) is 13.5. The van der Waals surface area contributed by atoms with Crippen molar-refractivity contribution in [3.8, 4) is 5.75 Å². The van der Waals surface area contributed by atoms with Gasteiger partial charge in [-0.2, -0.15) is 0 Å². The number of amides is 2. The molecule has 7 heteroatoms. The van der Waals surface area contributed by atoms with Gasteiger partial charge < -0.3 is 9.47 Å². The first-order valence-electron chi connectivity index (χ1n) is 8.59. The Kier molecular flexibility index (Phi) is 4.00. The predicted molar refractivity (Wildman–Crippen MR) is 84.6 cm³/mol. The Labute approximate surface area is 140 Å². The number of hydrazine groups is 1. The van der Waals surface area contributed by atoms with Gasteiger partial charge in [0, 0.05) is 19.2 Å². The number of nitrogens with zero attached hydrogens (tertiary/aromatic N) is 2. The Balaban J connectivity index is 1.50. The van der Waals surface area contributed by atoms with Crippen molar-refractivity contribution in [1.82, 2.24) is 15.4 Å². The highest BCUT2D eigenvalue weighted by atomic mass is 16.6. The molecule has 0 spiro atoms. The Morgan fingerprint density at radius 3 is 2.92 bits per heavy atom. The molecule has 24 heavy (non-hydrogen) atoms. The van der Waals surface area contributed by atoms with E-state index in [2.05, 4.69) is 10.4 Å². The molecule has 0 atom stereocenters. The van der Waals surface area contributed by atoms with Gasteiger partial charge in [-0.3, -0.25) is 10.2 Å². The van der Waals surface area contributed by atoms with E-state index in [1.807, 2.05) is 6.07 Å². The van der Waals surface area contributed by atoms with E-state index in [1.54, 1.807) is 6.20 Å². The molecular formula is C17H21N3O4. The monoisotopic (exact) mass is 331 g/mol. The summed E-state index contributed by atoms with van der Waals surface area (Å²) in [6, 6.07) is 1.93. The standard InChI is InChI=1S/C17H21N3O4/c21-16(19-20-6-1-7-23-17(20)22)15-14(24-10-11-2-3-11)8-13(9-18-15)12-4-5-12/h8-9,11-12H,1-7,10H2,(H,19,21). The zero-order chi connectivity index (χ0) is 16.5. The highest BCUT2D eigenvalue weighted by Gasteiger charge is 2.29. The normalized spacial score (nSPS) is 20.5. The fourth-order valence-electron chi connectivity index (χ4n) is 2.70. The molecule has 3 fully saturated rings. The summed E-state index contributed by atoms with van der Waals surface area (Å²) in [4.78, 5) is 28.5. The van der Waals surface area contributed by atoms with Gasteiger partial charge in [0.1, 0.15) is 0 Å². The van der Waals surface area contributed by atoms with Crippen molar-refractivity contribution in [2.75, 3.05) is 19.8 Å². The second-order valence-corrected chi connectivity index (χ2v) is 6.70. The maximum Gasteiger partial charge on any atom is 0.428 e. The SMILES string of the molecule is O=C(NN1CCCOC1=O)c1ncc(C2CC2)cc1OCC1CC1. The highest BCUT2D eigenvalue weighted by Crippen LogP contribution is 2.41. The van der Waals surface area contributed by atoms with Crippen LogP contribution in [0.1, 0.15) is 54.1 Å². The molecule has 2 aliphatic carbocycles. The van der Waals surface area contributed by atoms with Gasteiger partial charge in [0.15, 0.2) is 11.4 Å². The summed E-state index contributed by atoms with van der Waals surface area (Å²) in [5.41, 5.74) is 3.91. The van der Waals surface area contributed by atoms with E-state index in [4.69, 9.17) is 9.47 Å². The fraction of sp³-hybridized carbons (Fsp3) is 0.588. The van der Waals surface area contributed by atoms with Gasteiger partial charge >= 0.3 is 6.09 Å². The van der Waals surface area contributed by atoms with Crippen LogP contribution in [-0.2, 0) is 4.74 Å². The summed E-state index contributed by atoms with van der Waals surface area (Å²) in [6.45, 7) is 1.43. The summed E-state index contributed by atoms with van der Waals surface area (Å²) in [6.07, 6.45) is 6.57. The minimum Gasteiger partial charge on any atom is -0.491 e. The largest absolute Gasteiger partial charge is 0.491 e. The van der Waals surface area contributed by atoms with E-state index in [1.165, 1.54) is 17.9 Å². The first-order chi connectivity index (χ1) is 11.7. The molecule has 1 aromatic rings. The van der Waals surface area contributed by atoms with Crippen molar-refractivity contribution in [2.24, 2.45) is 5.92 Å². The number of aromatic nitrogens is 1. The number of carbonyl (C=O) groups excluding carboxylic acids is 2. The lowest BCUT2D eigenvalue weighted by molar-refractivity contribution is 0.0438. The predicted octanol–water partition coefficient (Wildman–Crippen LogP) is 2.23. The minimum atomic E-state index is -0.537. The summed E-state index contributed by atoms with van der Waals surface area (Å²) >= 11 is 0. The minimum absolute atomic E-state index is 0.221. The Morgan fingerprint density at radius 2 is 2.21 bits per heavy atom. The van der Waals surface area contributed by atoms with Crippen LogP contribution in [0, 0.1) is 5.92 Å². The highest BCUT2D eigenvalue weighted by molar-refractivity contribution is 5.95. The van der Waals surface area contributed by atoms with E-state index in [-0.39, 0.29) is 5.69 Å². The molecule has 1 saturated heterocycles. The fourth-order valence-corrected chi connectivity index (χ4v) is 2.70. The molecule has 0 unspecified atom stereocenters. The van der Waals surface area contributed by atoms with E-state index in [0.717, 1.165) is 18.4 Å². The van der Waals surface area contributed by atoms with Gasteiger partial charge in [0.05, 0.1) is 13.2 Å². The van der Waals surface area contributed by atoms with Crippen molar-refractivity contribution in [3.63, 3.8) is 0 Å². The van der Waals surface area contributed by atoms with Crippen LogP contribution in [0.4, 0.5) is 4.79 Å². The number of carbonyl (C=O) groups is 2.